The number of hydrogen-bond donors (Lipinski definition) is 1. The number of esters is 2. The molecular weight excluding hydrogens is 870 g/mol. The summed E-state index contributed by atoms with van der Waals surface area (Å²) in [5.74, 6) is 0.792. The number of aliphatic imine (C=N–C) groups is 1. The molecule has 0 saturated carbocycles. The zero-order chi connectivity index (χ0) is 44.9. The number of rotatable bonds is 5. The molecule has 5 aromatic rings. The van der Waals surface area contributed by atoms with E-state index in [-0.39, 0.29) is 97.8 Å². The SMILES string of the molecule is CC12CC(C)(C(=O)O)C(c3ccccc31)n1cnnc12.CCOC(=O)C1(C)CC2(C)C(SC)=NC1c1ccccc12.CCOC(=O)C1(C)CC2(C)c3ccccc3C1n1cnnc12.[K+].[OH-]. The Morgan fingerprint density at radius 1 is 0.646 bits per heavy atom. The van der Waals surface area contributed by atoms with Gasteiger partial charge in [0.2, 0.25) is 0 Å². The van der Waals surface area contributed by atoms with E-state index in [1.165, 1.54) is 27.8 Å². The van der Waals surface area contributed by atoms with E-state index in [0.29, 0.717) is 26.1 Å². The van der Waals surface area contributed by atoms with Crippen LogP contribution in [0.4, 0.5) is 0 Å². The minimum Gasteiger partial charge on any atom is -0.870 e. The van der Waals surface area contributed by atoms with Crippen LogP contribution in [0.5, 0.6) is 0 Å². The molecule has 0 fully saturated rings. The molecule has 16 heteroatoms. The van der Waals surface area contributed by atoms with Crippen LogP contribution >= 0.6 is 11.8 Å². The number of carboxylic acid groups (broad SMARTS) is 1. The Bertz CT molecular complexity index is 2720. The van der Waals surface area contributed by atoms with Crippen LogP contribution in [0.25, 0.3) is 0 Å². The largest absolute Gasteiger partial charge is 1.00 e. The molecule has 0 radical (unpaired) electrons. The number of nitrogens with zero attached hydrogens (tertiary/aromatic N) is 7. The Morgan fingerprint density at radius 3 is 1.51 bits per heavy atom. The number of ether oxygens (including phenoxy) is 2. The first-order valence-electron chi connectivity index (χ1n) is 21.8. The third-order valence-electron chi connectivity index (χ3n) is 15.1. The predicted octanol–water partition coefficient (Wildman–Crippen LogP) is 5.00. The Morgan fingerprint density at radius 2 is 1.05 bits per heavy atom. The summed E-state index contributed by atoms with van der Waals surface area (Å²) >= 11 is 1.69. The van der Waals surface area contributed by atoms with Crippen LogP contribution in [-0.2, 0) is 40.1 Å². The first kappa shape index (κ1) is 48.9. The molecule has 0 saturated heterocycles. The number of carbonyl (C=O) groups excluding carboxylic acids is 2. The van der Waals surface area contributed by atoms with Gasteiger partial charge in [-0.15, -0.1) is 32.2 Å². The maximum atomic E-state index is 12.7. The van der Waals surface area contributed by atoms with Gasteiger partial charge in [-0.2, -0.15) is 0 Å². The molecular formula is C49H56KN7O7S. The maximum Gasteiger partial charge on any atom is 1.00 e. The van der Waals surface area contributed by atoms with Gasteiger partial charge in [-0.05, 0) is 114 Å². The van der Waals surface area contributed by atoms with Crippen LogP contribution in [0.2, 0.25) is 0 Å². The first-order chi connectivity index (χ1) is 30.0. The van der Waals surface area contributed by atoms with Crippen LogP contribution in [0, 0.1) is 16.2 Å². The van der Waals surface area contributed by atoms with E-state index in [0.717, 1.165) is 28.7 Å². The minimum absolute atomic E-state index is 0. The molecule has 336 valence electrons. The quantitative estimate of drug-likeness (QED) is 0.184. The van der Waals surface area contributed by atoms with Gasteiger partial charge < -0.3 is 29.2 Å². The van der Waals surface area contributed by atoms with Gasteiger partial charge in [-0.1, -0.05) is 72.8 Å². The summed E-state index contributed by atoms with van der Waals surface area (Å²) in [5.41, 5.74) is 4.29. The number of aliphatic carboxylic acids is 1. The molecule has 2 aromatic heterocycles. The molecule has 9 aliphatic rings. The minimum atomic E-state index is -0.835. The summed E-state index contributed by atoms with van der Waals surface area (Å²) in [7, 11) is 0. The van der Waals surface area contributed by atoms with Crippen molar-refractivity contribution in [3.63, 3.8) is 0 Å². The van der Waals surface area contributed by atoms with Crippen molar-refractivity contribution in [2.24, 2.45) is 21.2 Å². The third kappa shape index (κ3) is 6.89. The molecule has 6 aliphatic heterocycles. The number of benzene rings is 3. The van der Waals surface area contributed by atoms with Gasteiger partial charge in [0, 0.05) is 5.41 Å². The second-order valence-electron chi connectivity index (χ2n) is 19.3. The van der Waals surface area contributed by atoms with Crippen molar-refractivity contribution in [1.29, 1.82) is 0 Å². The van der Waals surface area contributed by atoms with Gasteiger partial charge in [0.05, 0.1) is 63.5 Å². The topological polar surface area (TPSA) is 194 Å². The fourth-order valence-electron chi connectivity index (χ4n) is 12.6. The van der Waals surface area contributed by atoms with E-state index in [1.807, 2.05) is 75.6 Å². The molecule has 0 amide bonds. The first-order valence-corrected chi connectivity index (χ1v) is 23.0. The van der Waals surface area contributed by atoms with Gasteiger partial charge in [-0.25, -0.2) is 0 Å². The van der Waals surface area contributed by atoms with Gasteiger partial charge in [-0.3, -0.25) is 19.4 Å². The number of aromatic nitrogens is 6. The molecule has 9 unspecified atom stereocenters. The Hall–Kier alpha value is -4.03. The number of thioether (sulfide) groups is 1. The van der Waals surface area contributed by atoms with Gasteiger partial charge >= 0.3 is 69.3 Å². The fraction of sp³-hybridized carbons (Fsp3) is 0.469. The average Bonchev–Trinajstić information content (AvgIpc) is 3.98. The van der Waals surface area contributed by atoms with Crippen LogP contribution < -0.4 is 51.4 Å². The standard InChI is InChI=1S/C17H19N3O2.C17H21NO2S.C15H15N3O2.K.H2O/c1-4-22-15(21)17(3)9-16(2)12-8-6-5-7-11(12)13(17)20-10-18-19-14(16)20;1-5-20-15(19)17(3)10-16(2)12-9-7-6-8-11(12)13(17)18-14(16)21-4;1-14-7-15(2,13(19)20)11(18-8-16-17-12(14)18)9-5-3-4-6-10(9)14;;/h5-8,10,13H,4,9H2,1-3H3;6-9,13H,5,10H2,1-4H3;3-6,8,11H,7H2,1-2H3,(H,19,20);;1H2/q;;;+1;/p-1. The molecule has 14 nitrogen and oxygen atoms in total. The summed E-state index contributed by atoms with van der Waals surface area (Å²) < 4.78 is 14.7. The molecule has 3 aromatic carbocycles. The van der Waals surface area contributed by atoms with E-state index in [4.69, 9.17) is 14.5 Å². The van der Waals surface area contributed by atoms with E-state index >= 15 is 0 Å². The predicted molar refractivity (Wildman–Crippen MR) is 241 cm³/mol. The van der Waals surface area contributed by atoms with E-state index in [9.17, 15) is 19.5 Å². The summed E-state index contributed by atoms with van der Waals surface area (Å²) in [6.07, 6.45) is 7.48. The molecule has 14 rings (SSSR count). The molecule has 3 aliphatic carbocycles. The molecule has 6 bridgehead atoms. The molecule has 65 heavy (non-hydrogen) atoms. The van der Waals surface area contributed by atoms with Crippen molar-refractivity contribution in [2.75, 3.05) is 19.5 Å². The van der Waals surface area contributed by atoms with Crippen LogP contribution in [0.15, 0.2) is 90.4 Å². The Labute approximate surface area is 426 Å². The summed E-state index contributed by atoms with van der Waals surface area (Å²) in [5, 5.41) is 27.6. The van der Waals surface area contributed by atoms with Crippen LogP contribution in [0.3, 0.4) is 0 Å². The number of fused-ring (bicyclic) bond motifs is 3. The Kier molecular flexibility index (Phi) is 13.0. The molecule has 2 N–H and O–H groups in total. The van der Waals surface area contributed by atoms with Crippen molar-refractivity contribution in [1.82, 2.24) is 29.5 Å². The Balaban J connectivity index is 0.000000143. The van der Waals surface area contributed by atoms with E-state index in [1.54, 1.807) is 24.4 Å². The molecule has 0 spiro atoms. The van der Waals surface area contributed by atoms with Gasteiger partial charge in [0.25, 0.3) is 0 Å². The van der Waals surface area contributed by atoms with Crippen LogP contribution in [-0.4, -0.2) is 82.5 Å². The van der Waals surface area contributed by atoms with Crippen molar-refractivity contribution >= 4 is 34.7 Å². The zero-order valence-electron chi connectivity index (χ0n) is 38.8. The molecule has 8 heterocycles. The van der Waals surface area contributed by atoms with E-state index < -0.39 is 27.6 Å². The van der Waals surface area contributed by atoms with E-state index in [2.05, 4.69) is 88.4 Å². The smallest absolute Gasteiger partial charge is 0.870 e. The maximum absolute atomic E-state index is 12.7. The van der Waals surface area contributed by atoms with Gasteiger partial charge in [0.15, 0.2) is 0 Å². The monoisotopic (exact) mass is 925 g/mol. The summed E-state index contributed by atoms with van der Waals surface area (Å²) in [4.78, 5) is 42.1. The summed E-state index contributed by atoms with van der Waals surface area (Å²) in [6, 6.07) is 24.3. The van der Waals surface area contributed by atoms with Gasteiger partial charge in [0.1, 0.15) is 24.3 Å². The summed E-state index contributed by atoms with van der Waals surface area (Å²) in [6.45, 7) is 16.8. The zero-order valence-corrected chi connectivity index (χ0v) is 42.8. The second-order valence-corrected chi connectivity index (χ2v) is 20.1. The van der Waals surface area contributed by atoms with Crippen molar-refractivity contribution in [3.8, 4) is 0 Å². The van der Waals surface area contributed by atoms with Crippen molar-refractivity contribution in [2.45, 2.75) is 109 Å². The fourth-order valence-corrected chi connectivity index (χ4v) is 13.4. The number of carbonyl (C=O) groups is 3. The molecule has 9 atom stereocenters. The number of hydrogen-bond acceptors (Lipinski definition) is 12. The van der Waals surface area contributed by atoms with Crippen molar-refractivity contribution < 1.29 is 85.8 Å². The normalized spacial score (nSPS) is 31.8. The average molecular weight is 926 g/mol. The third-order valence-corrected chi connectivity index (χ3v) is 16.0. The van der Waals surface area contributed by atoms with Crippen LogP contribution in [0.1, 0.15) is 138 Å². The second kappa shape index (κ2) is 17.2. The number of carboxylic acids is 1. The van der Waals surface area contributed by atoms with Crippen molar-refractivity contribution in [3.05, 3.63) is 130 Å².